The Morgan fingerprint density at radius 2 is 2.31 bits per heavy atom. The molecule has 2 nitrogen and oxygen atoms in total. The molecule has 2 heterocycles. The minimum Gasteiger partial charge on any atom is -0.388 e. The largest absolute Gasteiger partial charge is 0.388 e. The average Bonchev–Trinajstić information content (AvgIpc) is 2.30. The molecule has 1 saturated heterocycles. The zero-order valence-corrected chi connectivity index (χ0v) is 9.59. The number of aromatic nitrogens is 1. The van der Waals surface area contributed by atoms with Crippen molar-refractivity contribution in [1.82, 2.24) is 10.3 Å². The van der Waals surface area contributed by atoms with Crippen LogP contribution in [0.15, 0.2) is 30.0 Å². The molecule has 16 heavy (non-hydrogen) atoms. The van der Waals surface area contributed by atoms with Crippen molar-refractivity contribution < 1.29 is 0 Å². The molecular formula is C14H16N2. The van der Waals surface area contributed by atoms with E-state index in [9.17, 15) is 0 Å². The number of aryl methyl sites for hydroxylation is 1. The van der Waals surface area contributed by atoms with Gasteiger partial charge in [0.1, 0.15) is 5.69 Å². The van der Waals surface area contributed by atoms with Gasteiger partial charge in [-0.2, -0.15) is 0 Å². The van der Waals surface area contributed by atoms with E-state index in [4.69, 9.17) is 0 Å². The predicted molar refractivity (Wildman–Crippen MR) is 65.8 cm³/mol. The first kappa shape index (κ1) is 10.8. The molecule has 0 radical (unpaired) electrons. The lowest BCUT2D eigenvalue weighted by atomic mass is 10.1. The number of nitrogens with one attached hydrogen (secondary N) is 1. The Hall–Kier alpha value is -1.75. The van der Waals surface area contributed by atoms with E-state index < -0.39 is 0 Å². The maximum atomic E-state index is 4.33. The van der Waals surface area contributed by atoms with Gasteiger partial charge < -0.3 is 5.32 Å². The summed E-state index contributed by atoms with van der Waals surface area (Å²) in [5, 5.41) is 3.35. The summed E-state index contributed by atoms with van der Waals surface area (Å²) < 4.78 is 0. The lowest BCUT2D eigenvalue weighted by Crippen LogP contribution is -2.19. The standard InChI is InChI=1S/C14H16N2/c1-12-6-4-9-14(16-12)10-5-8-13-7-2-3-11-15-13/h4,6,8-9,15H,2-3,7,11H2,1H3/b13-8+. The van der Waals surface area contributed by atoms with Gasteiger partial charge in [-0.15, -0.1) is 0 Å². The van der Waals surface area contributed by atoms with E-state index in [0.29, 0.717) is 0 Å². The van der Waals surface area contributed by atoms with Gasteiger partial charge in [-0.3, -0.25) is 0 Å². The number of nitrogens with zero attached hydrogens (tertiary/aromatic N) is 1. The van der Waals surface area contributed by atoms with E-state index >= 15 is 0 Å². The molecule has 1 aliphatic heterocycles. The van der Waals surface area contributed by atoms with Gasteiger partial charge in [0, 0.05) is 24.0 Å². The van der Waals surface area contributed by atoms with Crippen molar-refractivity contribution in [1.29, 1.82) is 0 Å². The monoisotopic (exact) mass is 212 g/mol. The van der Waals surface area contributed by atoms with Crippen LogP contribution in [0.2, 0.25) is 0 Å². The fraction of sp³-hybridized carbons (Fsp3) is 0.357. The highest BCUT2D eigenvalue weighted by molar-refractivity contribution is 5.33. The Labute approximate surface area is 96.8 Å². The summed E-state index contributed by atoms with van der Waals surface area (Å²) in [5.41, 5.74) is 3.11. The van der Waals surface area contributed by atoms with E-state index in [2.05, 4.69) is 22.1 Å². The molecule has 0 bridgehead atoms. The van der Waals surface area contributed by atoms with Crippen LogP contribution in [0.1, 0.15) is 30.7 Å². The lowest BCUT2D eigenvalue weighted by Gasteiger charge is -2.14. The summed E-state index contributed by atoms with van der Waals surface area (Å²) in [7, 11) is 0. The van der Waals surface area contributed by atoms with Gasteiger partial charge in [0.15, 0.2) is 0 Å². The van der Waals surface area contributed by atoms with Crippen LogP contribution in [-0.2, 0) is 0 Å². The zero-order valence-electron chi connectivity index (χ0n) is 9.59. The molecule has 0 aliphatic carbocycles. The number of rotatable bonds is 0. The van der Waals surface area contributed by atoms with E-state index in [1.165, 1.54) is 18.5 Å². The van der Waals surface area contributed by atoms with E-state index in [-0.39, 0.29) is 0 Å². The van der Waals surface area contributed by atoms with Crippen molar-refractivity contribution in [2.75, 3.05) is 6.54 Å². The molecule has 1 N–H and O–H groups in total. The number of allylic oxidation sites excluding steroid dienone is 2. The zero-order chi connectivity index (χ0) is 11.2. The summed E-state index contributed by atoms with van der Waals surface area (Å²) in [5.74, 6) is 6.12. The topological polar surface area (TPSA) is 24.9 Å². The number of piperidine rings is 1. The Bertz CT molecular complexity index is 441. The first-order valence-electron chi connectivity index (χ1n) is 5.73. The Kier molecular flexibility index (Phi) is 3.61. The fourth-order valence-corrected chi connectivity index (χ4v) is 1.71. The third-order valence-corrected chi connectivity index (χ3v) is 2.56. The first-order chi connectivity index (χ1) is 7.84. The smallest absolute Gasteiger partial charge is 0.113 e. The van der Waals surface area contributed by atoms with Gasteiger partial charge in [-0.05, 0) is 44.2 Å². The van der Waals surface area contributed by atoms with Gasteiger partial charge in [-0.25, -0.2) is 4.98 Å². The second-order valence-corrected chi connectivity index (χ2v) is 3.99. The van der Waals surface area contributed by atoms with Crippen LogP contribution in [0.5, 0.6) is 0 Å². The summed E-state index contributed by atoms with van der Waals surface area (Å²) in [6.07, 6.45) is 5.63. The van der Waals surface area contributed by atoms with Gasteiger partial charge in [0.05, 0.1) is 0 Å². The van der Waals surface area contributed by atoms with Crippen LogP contribution in [0.25, 0.3) is 0 Å². The molecule has 0 saturated carbocycles. The van der Waals surface area contributed by atoms with Gasteiger partial charge in [0.2, 0.25) is 0 Å². The van der Waals surface area contributed by atoms with Crippen LogP contribution in [0.4, 0.5) is 0 Å². The van der Waals surface area contributed by atoms with Crippen molar-refractivity contribution in [3.8, 4) is 11.8 Å². The minimum atomic E-state index is 0.840. The number of pyridine rings is 1. The highest BCUT2D eigenvalue weighted by atomic mass is 14.9. The fourth-order valence-electron chi connectivity index (χ4n) is 1.71. The normalized spacial score (nSPS) is 17.4. The Morgan fingerprint density at radius 3 is 3.06 bits per heavy atom. The van der Waals surface area contributed by atoms with Crippen LogP contribution < -0.4 is 5.32 Å². The number of hydrogen-bond acceptors (Lipinski definition) is 2. The van der Waals surface area contributed by atoms with Crippen molar-refractivity contribution in [2.45, 2.75) is 26.2 Å². The van der Waals surface area contributed by atoms with E-state index in [1.807, 2.05) is 31.2 Å². The summed E-state index contributed by atoms with van der Waals surface area (Å²) in [6.45, 7) is 3.06. The molecule has 1 fully saturated rings. The lowest BCUT2D eigenvalue weighted by molar-refractivity contribution is 0.588. The molecule has 0 aromatic carbocycles. The summed E-state index contributed by atoms with van der Waals surface area (Å²) >= 11 is 0. The Balaban J connectivity index is 2.04. The van der Waals surface area contributed by atoms with Crippen LogP contribution in [0, 0.1) is 18.8 Å². The van der Waals surface area contributed by atoms with E-state index in [0.717, 1.165) is 24.4 Å². The van der Waals surface area contributed by atoms with Crippen molar-refractivity contribution >= 4 is 0 Å². The average molecular weight is 212 g/mol. The molecule has 1 aliphatic rings. The van der Waals surface area contributed by atoms with Crippen molar-refractivity contribution in [3.63, 3.8) is 0 Å². The molecule has 2 heteroatoms. The molecule has 1 aromatic rings. The third kappa shape index (κ3) is 3.13. The molecule has 82 valence electrons. The predicted octanol–water partition coefficient (Wildman–Crippen LogP) is 2.40. The van der Waals surface area contributed by atoms with Crippen LogP contribution >= 0.6 is 0 Å². The van der Waals surface area contributed by atoms with Crippen molar-refractivity contribution in [3.05, 3.63) is 41.4 Å². The molecule has 0 spiro atoms. The first-order valence-corrected chi connectivity index (χ1v) is 5.73. The molecule has 0 atom stereocenters. The van der Waals surface area contributed by atoms with Crippen LogP contribution in [-0.4, -0.2) is 11.5 Å². The van der Waals surface area contributed by atoms with Gasteiger partial charge in [0.25, 0.3) is 0 Å². The molecule has 0 amide bonds. The second kappa shape index (κ2) is 5.37. The highest BCUT2D eigenvalue weighted by Gasteiger charge is 2.01. The Morgan fingerprint density at radius 1 is 1.38 bits per heavy atom. The van der Waals surface area contributed by atoms with Crippen LogP contribution in [0.3, 0.4) is 0 Å². The maximum absolute atomic E-state index is 4.33. The van der Waals surface area contributed by atoms with Crippen molar-refractivity contribution in [2.24, 2.45) is 0 Å². The van der Waals surface area contributed by atoms with Gasteiger partial charge >= 0.3 is 0 Å². The minimum absolute atomic E-state index is 0.840. The summed E-state index contributed by atoms with van der Waals surface area (Å²) in [4.78, 5) is 4.33. The van der Waals surface area contributed by atoms with Gasteiger partial charge in [-0.1, -0.05) is 12.0 Å². The molecule has 0 unspecified atom stereocenters. The third-order valence-electron chi connectivity index (χ3n) is 2.56. The molecule has 2 rings (SSSR count). The highest BCUT2D eigenvalue weighted by Crippen LogP contribution is 2.09. The molecule has 1 aromatic heterocycles. The summed E-state index contributed by atoms with van der Waals surface area (Å²) in [6, 6.07) is 5.90. The second-order valence-electron chi connectivity index (χ2n) is 3.99. The van der Waals surface area contributed by atoms with E-state index in [1.54, 1.807) is 0 Å². The molecular weight excluding hydrogens is 196 g/mol. The SMILES string of the molecule is Cc1cccc(C#C/C=C2\CCCCN2)n1. The maximum Gasteiger partial charge on any atom is 0.113 e. The quantitative estimate of drug-likeness (QED) is 0.668. The number of hydrogen-bond donors (Lipinski definition) is 1.